The maximum Gasteiger partial charge on any atom is 0.262 e. The summed E-state index contributed by atoms with van der Waals surface area (Å²) in [6.07, 6.45) is 1.50. The third kappa shape index (κ3) is 4.47. The van der Waals surface area contributed by atoms with E-state index in [4.69, 9.17) is 14.2 Å². The first-order valence-corrected chi connectivity index (χ1v) is 10.3. The topological polar surface area (TPSA) is 94.6 Å². The van der Waals surface area contributed by atoms with Gasteiger partial charge in [0.25, 0.3) is 5.91 Å². The van der Waals surface area contributed by atoms with Gasteiger partial charge >= 0.3 is 0 Å². The Hall–Kier alpha value is -2.91. The van der Waals surface area contributed by atoms with Gasteiger partial charge in [-0.1, -0.05) is 12.1 Å². The van der Waals surface area contributed by atoms with Gasteiger partial charge in [-0.2, -0.15) is 0 Å². The summed E-state index contributed by atoms with van der Waals surface area (Å²) in [7, 11) is 4.83. The van der Waals surface area contributed by atoms with Crippen molar-refractivity contribution in [3.05, 3.63) is 40.5 Å². The first-order chi connectivity index (χ1) is 14.5. The summed E-state index contributed by atoms with van der Waals surface area (Å²) in [5.74, 6) is 1.87. The van der Waals surface area contributed by atoms with Crippen molar-refractivity contribution in [3.8, 4) is 11.5 Å². The molecule has 0 bridgehead atoms. The molecular formula is C21H26N4O4S. The molecule has 160 valence electrons. The van der Waals surface area contributed by atoms with E-state index >= 15 is 0 Å². The normalized spacial score (nSPS) is 11.9. The maximum absolute atomic E-state index is 12.7. The van der Waals surface area contributed by atoms with Crippen molar-refractivity contribution < 1.29 is 19.0 Å². The quantitative estimate of drug-likeness (QED) is 0.537. The van der Waals surface area contributed by atoms with E-state index in [1.165, 1.54) is 17.7 Å². The molecule has 3 rings (SSSR count). The van der Waals surface area contributed by atoms with Gasteiger partial charge in [-0.3, -0.25) is 4.79 Å². The molecule has 0 fully saturated rings. The van der Waals surface area contributed by atoms with E-state index in [2.05, 4.69) is 20.6 Å². The minimum Gasteiger partial charge on any atom is -0.493 e. The van der Waals surface area contributed by atoms with Crippen molar-refractivity contribution in [2.45, 2.75) is 26.4 Å². The Balaban J connectivity index is 1.88. The highest BCUT2D eigenvalue weighted by Crippen LogP contribution is 2.35. The number of aromatic nitrogens is 2. The van der Waals surface area contributed by atoms with Crippen LogP contribution in [0.3, 0.4) is 0 Å². The van der Waals surface area contributed by atoms with Crippen molar-refractivity contribution in [1.82, 2.24) is 15.3 Å². The second kappa shape index (κ2) is 9.73. The summed E-state index contributed by atoms with van der Waals surface area (Å²) in [5, 5.41) is 7.15. The lowest BCUT2D eigenvalue weighted by Crippen LogP contribution is -2.35. The lowest BCUT2D eigenvalue weighted by Gasteiger charge is -2.14. The molecule has 2 heterocycles. The molecule has 2 N–H and O–H groups in total. The minimum atomic E-state index is -0.138. The van der Waals surface area contributed by atoms with Gasteiger partial charge in [-0.05, 0) is 25.5 Å². The number of thiophene rings is 1. The van der Waals surface area contributed by atoms with Gasteiger partial charge in [0.05, 0.1) is 31.1 Å². The average Bonchev–Trinajstić information content (AvgIpc) is 3.09. The van der Waals surface area contributed by atoms with Crippen molar-refractivity contribution in [2.24, 2.45) is 0 Å². The maximum atomic E-state index is 12.7. The third-order valence-corrected chi connectivity index (χ3v) is 5.86. The van der Waals surface area contributed by atoms with Gasteiger partial charge in [-0.15, -0.1) is 11.3 Å². The molecule has 0 aliphatic rings. The zero-order valence-electron chi connectivity index (χ0n) is 17.7. The Labute approximate surface area is 179 Å². The first kappa shape index (κ1) is 21.8. The first-order valence-electron chi connectivity index (χ1n) is 9.47. The number of nitrogens with one attached hydrogen (secondary N) is 2. The van der Waals surface area contributed by atoms with Crippen LogP contribution >= 0.6 is 11.3 Å². The van der Waals surface area contributed by atoms with Crippen LogP contribution in [0.4, 0.5) is 5.82 Å². The van der Waals surface area contributed by atoms with Gasteiger partial charge in [0, 0.05) is 25.3 Å². The fraction of sp³-hybridized carbons (Fsp3) is 0.381. The molecule has 8 nitrogen and oxygen atoms in total. The van der Waals surface area contributed by atoms with Crippen LogP contribution in [0, 0.1) is 6.92 Å². The van der Waals surface area contributed by atoms with E-state index in [1.807, 2.05) is 32.0 Å². The van der Waals surface area contributed by atoms with Gasteiger partial charge in [-0.25, -0.2) is 9.97 Å². The molecular weight excluding hydrogens is 404 g/mol. The summed E-state index contributed by atoms with van der Waals surface area (Å²) in [6, 6.07) is 5.64. The lowest BCUT2D eigenvalue weighted by molar-refractivity contribution is 0.0909. The molecule has 9 heteroatoms. The van der Waals surface area contributed by atoms with Crippen LogP contribution in [-0.4, -0.2) is 49.9 Å². The van der Waals surface area contributed by atoms with Gasteiger partial charge in [0.2, 0.25) is 0 Å². The number of hydrogen-bond donors (Lipinski definition) is 2. The zero-order valence-corrected chi connectivity index (χ0v) is 18.6. The number of fused-ring (bicyclic) bond motifs is 1. The highest BCUT2D eigenvalue weighted by atomic mass is 32.1. The van der Waals surface area contributed by atoms with E-state index in [9.17, 15) is 4.79 Å². The molecule has 1 unspecified atom stereocenters. The van der Waals surface area contributed by atoms with Crippen molar-refractivity contribution >= 4 is 33.3 Å². The molecule has 0 aliphatic heterocycles. The predicted octanol–water partition coefficient (Wildman–Crippen LogP) is 3.39. The van der Waals surface area contributed by atoms with Crippen LogP contribution in [0.15, 0.2) is 24.5 Å². The van der Waals surface area contributed by atoms with E-state index in [0.717, 1.165) is 21.3 Å². The minimum absolute atomic E-state index is 0.0867. The van der Waals surface area contributed by atoms with E-state index in [0.29, 0.717) is 35.3 Å². The van der Waals surface area contributed by atoms with Crippen LogP contribution < -0.4 is 20.1 Å². The highest BCUT2D eigenvalue weighted by Gasteiger charge is 2.20. The highest BCUT2D eigenvalue weighted by molar-refractivity contribution is 7.20. The number of aryl methyl sites for hydroxylation is 1. The predicted molar refractivity (Wildman–Crippen MR) is 118 cm³/mol. The number of ether oxygens (including phenoxy) is 3. The van der Waals surface area contributed by atoms with Gasteiger partial charge in [0.1, 0.15) is 17.0 Å². The Morgan fingerprint density at radius 3 is 2.70 bits per heavy atom. The average molecular weight is 431 g/mol. The SMILES string of the molecule is COCC(C)NC(=O)c1sc2ncnc(NCc3cccc(OC)c3OC)c2c1C. The van der Waals surface area contributed by atoms with Crippen molar-refractivity contribution in [2.75, 3.05) is 33.3 Å². The molecule has 3 aromatic rings. The molecule has 2 aromatic heterocycles. The fourth-order valence-electron chi connectivity index (χ4n) is 3.28. The number of anilines is 1. The zero-order chi connectivity index (χ0) is 21.7. The number of methoxy groups -OCH3 is 3. The molecule has 0 radical (unpaired) electrons. The van der Waals surface area contributed by atoms with E-state index in [-0.39, 0.29) is 11.9 Å². The molecule has 0 saturated carbocycles. The number of para-hydroxylation sites is 1. The summed E-state index contributed by atoms with van der Waals surface area (Å²) in [6.45, 7) is 4.74. The number of hydrogen-bond acceptors (Lipinski definition) is 8. The number of carbonyl (C=O) groups excluding carboxylic acids is 1. The Bertz CT molecular complexity index is 1040. The number of nitrogens with zero attached hydrogens (tertiary/aromatic N) is 2. The summed E-state index contributed by atoms with van der Waals surface area (Å²) in [5.41, 5.74) is 1.78. The summed E-state index contributed by atoms with van der Waals surface area (Å²) < 4.78 is 16.0. The number of benzene rings is 1. The van der Waals surface area contributed by atoms with Gasteiger partial charge < -0.3 is 24.8 Å². The number of carbonyl (C=O) groups is 1. The van der Waals surface area contributed by atoms with Crippen LogP contribution in [0.5, 0.6) is 11.5 Å². The second-order valence-corrected chi connectivity index (χ2v) is 7.79. The molecule has 1 amide bonds. The number of amides is 1. The second-order valence-electron chi connectivity index (χ2n) is 6.79. The lowest BCUT2D eigenvalue weighted by atomic mass is 10.1. The number of rotatable bonds is 9. The van der Waals surface area contributed by atoms with Crippen LogP contribution in [0.1, 0.15) is 27.7 Å². The monoisotopic (exact) mass is 430 g/mol. The molecule has 0 aliphatic carbocycles. The smallest absolute Gasteiger partial charge is 0.262 e. The fourth-order valence-corrected chi connectivity index (χ4v) is 4.33. The van der Waals surface area contributed by atoms with E-state index < -0.39 is 0 Å². The standard InChI is InChI=1S/C21H26N4O4S/c1-12(10-27-3)25-20(26)18-13(2)16-19(23-11-24-21(16)30-18)22-9-14-7-6-8-15(28-4)17(14)29-5/h6-8,11-12H,9-10H2,1-5H3,(H,25,26)(H,22,23,24). The van der Waals surface area contributed by atoms with Crippen molar-refractivity contribution in [3.63, 3.8) is 0 Å². The van der Waals surface area contributed by atoms with Gasteiger partial charge in [0.15, 0.2) is 11.5 Å². The molecule has 1 atom stereocenters. The van der Waals surface area contributed by atoms with Crippen molar-refractivity contribution in [1.29, 1.82) is 0 Å². The molecule has 0 spiro atoms. The van der Waals surface area contributed by atoms with Crippen LogP contribution in [-0.2, 0) is 11.3 Å². The van der Waals surface area contributed by atoms with Crippen LogP contribution in [0.25, 0.3) is 10.2 Å². The molecule has 30 heavy (non-hydrogen) atoms. The van der Waals surface area contributed by atoms with Crippen LogP contribution in [0.2, 0.25) is 0 Å². The largest absolute Gasteiger partial charge is 0.493 e. The Morgan fingerprint density at radius 2 is 2.00 bits per heavy atom. The summed E-state index contributed by atoms with van der Waals surface area (Å²) >= 11 is 1.35. The Kier molecular flexibility index (Phi) is 7.07. The Morgan fingerprint density at radius 1 is 1.20 bits per heavy atom. The van der Waals surface area contributed by atoms with E-state index in [1.54, 1.807) is 21.3 Å². The molecule has 1 aromatic carbocycles. The summed E-state index contributed by atoms with van der Waals surface area (Å²) in [4.78, 5) is 22.8. The third-order valence-electron chi connectivity index (χ3n) is 4.66. The molecule has 0 saturated heterocycles.